The van der Waals surface area contributed by atoms with Crippen molar-refractivity contribution in [1.29, 1.82) is 0 Å². The predicted octanol–water partition coefficient (Wildman–Crippen LogP) is 10.9. The molecule has 0 heterocycles. The Morgan fingerprint density at radius 3 is 0.771 bits per heavy atom. The lowest BCUT2D eigenvalue weighted by Crippen LogP contribution is -2.03. The highest BCUT2D eigenvalue weighted by atomic mass is 14.3. The predicted molar refractivity (Wildman–Crippen MR) is 200 cm³/mol. The molecule has 0 aliphatic heterocycles. The van der Waals surface area contributed by atoms with Gasteiger partial charge in [0.05, 0.1) is 16.7 Å². The van der Waals surface area contributed by atoms with Gasteiger partial charge in [0.1, 0.15) is 0 Å². The molecule has 0 fully saturated rings. The van der Waals surface area contributed by atoms with Crippen LogP contribution in [0, 0.1) is 35.5 Å². The first-order valence-electron chi connectivity index (χ1n) is 16.0. The van der Waals surface area contributed by atoms with Crippen LogP contribution in [0.5, 0.6) is 0 Å². The third-order valence-electron chi connectivity index (χ3n) is 8.00. The molecule has 0 aliphatic rings. The Morgan fingerprint density at radius 1 is 0.208 bits per heavy atom. The minimum atomic E-state index is 0.808. The highest BCUT2D eigenvalue weighted by molar-refractivity contribution is 6.02. The average Bonchev–Trinajstić information content (AvgIpc) is 3.17. The smallest absolute Gasteiger partial charge is 0.0575 e. The topological polar surface area (TPSA) is 0 Å². The summed E-state index contributed by atoms with van der Waals surface area (Å²) in [5, 5.41) is 0. The van der Waals surface area contributed by atoms with Gasteiger partial charge >= 0.3 is 0 Å². The molecule has 0 N–H and O–H groups in total. The third-order valence-corrected chi connectivity index (χ3v) is 8.00. The summed E-state index contributed by atoms with van der Waals surface area (Å²) in [5.74, 6) is 21.3. The van der Waals surface area contributed by atoms with Crippen LogP contribution in [0.25, 0.3) is 33.4 Å². The van der Waals surface area contributed by atoms with Crippen molar-refractivity contribution in [2.75, 3.05) is 0 Å². The summed E-state index contributed by atoms with van der Waals surface area (Å²) >= 11 is 0. The van der Waals surface area contributed by atoms with Gasteiger partial charge in [-0.2, -0.15) is 0 Å². The van der Waals surface area contributed by atoms with Crippen molar-refractivity contribution < 1.29 is 0 Å². The molecule has 222 valence electrons. The van der Waals surface area contributed by atoms with Crippen molar-refractivity contribution in [3.63, 3.8) is 0 Å². The van der Waals surface area contributed by atoms with E-state index in [1.165, 1.54) is 0 Å². The van der Waals surface area contributed by atoms with E-state index in [9.17, 15) is 0 Å². The fourth-order valence-corrected chi connectivity index (χ4v) is 5.77. The Bertz CT molecular complexity index is 2220. The van der Waals surface area contributed by atoms with Crippen LogP contribution >= 0.6 is 0 Å². The molecule has 7 aromatic rings. The van der Waals surface area contributed by atoms with Crippen LogP contribution < -0.4 is 0 Å². The zero-order valence-electron chi connectivity index (χ0n) is 26.3. The number of hydrogen-bond acceptors (Lipinski definition) is 0. The molecular formula is C48H30. The molecule has 0 saturated heterocycles. The molecule has 0 aromatic heterocycles. The van der Waals surface area contributed by atoms with Gasteiger partial charge in [-0.3, -0.25) is 0 Å². The molecule has 0 unspecified atom stereocenters. The maximum atomic E-state index is 3.64. The summed E-state index contributed by atoms with van der Waals surface area (Å²) in [6.07, 6.45) is 0. The van der Waals surface area contributed by atoms with Crippen molar-refractivity contribution in [1.82, 2.24) is 0 Å². The van der Waals surface area contributed by atoms with Gasteiger partial charge in [0, 0.05) is 27.8 Å². The highest BCUT2D eigenvalue weighted by Crippen LogP contribution is 2.46. The Hall–Kier alpha value is -6.78. The molecule has 7 rings (SSSR count). The molecule has 0 aliphatic carbocycles. The summed E-state index contributed by atoms with van der Waals surface area (Å²) < 4.78 is 0. The lowest BCUT2D eigenvalue weighted by atomic mass is 9.79. The normalized spacial score (nSPS) is 10.0. The highest BCUT2D eigenvalue weighted by Gasteiger charge is 2.25. The van der Waals surface area contributed by atoms with E-state index in [4.69, 9.17) is 0 Å². The van der Waals surface area contributed by atoms with Crippen molar-refractivity contribution in [3.05, 3.63) is 215 Å². The van der Waals surface area contributed by atoms with Crippen LogP contribution in [0.3, 0.4) is 0 Å². The first kappa shape index (κ1) is 29.9. The first-order valence-corrected chi connectivity index (χ1v) is 16.0. The summed E-state index contributed by atoms with van der Waals surface area (Å²) in [5.41, 5.74) is 11.7. The second-order valence-electron chi connectivity index (χ2n) is 11.2. The SMILES string of the molecule is C(#Cc1c(C#Cc2ccccc2)c(-c2ccccc2)c(-c2ccccc2)c(-c2ccccc2)c1C#Cc1ccccc1)c1ccccc1. The van der Waals surface area contributed by atoms with Crippen LogP contribution in [0.1, 0.15) is 33.4 Å². The van der Waals surface area contributed by atoms with Gasteiger partial charge in [-0.1, -0.05) is 181 Å². The minimum absolute atomic E-state index is 0.808. The number of hydrogen-bond donors (Lipinski definition) is 0. The number of rotatable bonds is 3. The maximum absolute atomic E-state index is 3.64. The van der Waals surface area contributed by atoms with Gasteiger partial charge in [-0.25, -0.2) is 0 Å². The Morgan fingerprint density at radius 2 is 0.458 bits per heavy atom. The van der Waals surface area contributed by atoms with Gasteiger partial charge in [0.25, 0.3) is 0 Å². The van der Waals surface area contributed by atoms with E-state index in [-0.39, 0.29) is 0 Å². The molecule has 0 spiro atoms. The van der Waals surface area contributed by atoms with Crippen molar-refractivity contribution in [3.8, 4) is 68.9 Å². The van der Waals surface area contributed by atoms with Gasteiger partial charge in [0.2, 0.25) is 0 Å². The number of benzene rings is 7. The summed E-state index contributed by atoms with van der Waals surface area (Å²) in [4.78, 5) is 0. The van der Waals surface area contributed by atoms with E-state index in [1.807, 2.05) is 91.0 Å². The van der Waals surface area contributed by atoms with Gasteiger partial charge in [-0.15, -0.1) is 0 Å². The van der Waals surface area contributed by atoms with E-state index >= 15 is 0 Å². The second kappa shape index (κ2) is 14.5. The third kappa shape index (κ3) is 6.74. The molecule has 7 aromatic carbocycles. The van der Waals surface area contributed by atoms with Crippen LogP contribution in [0.2, 0.25) is 0 Å². The van der Waals surface area contributed by atoms with Gasteiger partial charge in [-0.05, 0) is 58.7 Å². The van der Waals surface area contributed by atoms with Crippen LogP contribution in [0.15, 0.2) is 182 Å². The van der Waals surface area contributed by atoms with Crippen LogP contribution in [-0.2, 0) is 0 Å². The lowest BCUT2D eigenvalue weighted by molar-refractivity contribution is 1.48. The zero-order chi connectivity index (χ0) is 32.4. The van der Waals surface area contributed by atoms with E-state index in [1.54, 1.807) is 0 Å². The molecule has 0 atom stereocenters. The van der Waals surface area contributed by atoms with E-state index in [0.29, 0.717) is 0 Å². The van der Waals surface area contributed by atoms with Crippen molar-refractivity contribution in [2.24, 2.45) is 0 Å². The van der Waals surface area contributed by atoms with Crippen LogP contribution in [0.4, 0.5) is 0 Å². The fourth-order valence-electron chi connectivity index (χ4n) is 5.77. The summed E-state index contributed by atoms with van der Waals surface area (Å²) in [6.45, 7) is 0. The van der Waals surface area contributed by atoms with Crippen molar-refractivity contribution >= 4 is 0 Å². The second-order valence-corrected chi connectivity index (χ2v) is 11.2. The Kier molecular flexibility index (Phi) is 9.06. The van der Waals surface area contributed by atoms with Crippen molar-refractivity contribution in [2.45, 2.75) is 0 Å². The molecule has 0 amide bonds. The molecule has 0 heteroatoms. The summed E-state index contributed by atoms with van der Waals surface area (Å²) in [6, 6.07) is 62.0. The molecule has 48 heavy (non-hydrogen) atoms. The minimum Gasteiger partial charge on any atom is -0.0622 e. The Labute approximate surface area is 283 Å². The van der Waals surface area contributed by atoms with Crippen LogP contribution in [-0.4, -0.2) is 0 Å². The lowest BCUT2D eigenvalue weighted by Gasteiger charge is -2.22. The van der Waals surface area contributed by atoms with Gasteiger partial charge in [0.15, 0.2) is 0 Å². The summed E-state index contributed by atoms with van der Waals surface area (Å²) in [7, 11) is 0. The molecule has 0 radical (unpaired) electrons. The average molecular weight is 607 g/mol. The first-order chi connectivity index (χ1) is 23.8. The quantitative estimate of drug-likeness (QED) is 0.176. The fraction of sp³-hybridized carbons (Fsp3) is 0. The standard InChI is InChI=1S/C48H30/c1-7-19-37(20-8-1)31-34-43-44(35-32-38-21-9-2-10-22-38)46(40-25-13-4-14-26-40)48(42-29-17-6-18-30-42)47(41-27-15-5-16-28-41)45(43)36-33-39-23-11-3-12-24-39/h1-30H. The van der Waals surface area contributed by atoms with E-state index in [0.717, 1.165) is 66.8 Å². The largest absolute Gasteiger partial charge is 0.0622 e. The molecule has 0 bridgehead atoms. The monoisotopic (exact) mass is 606 g/mol. The van der Waals surface area contributed by atoms with E-state index in [2.05, 4.69) is 127 Å². The molecular weight excluding hydrogens is 577 g/mol. The molecule has 0 nitrogen and oxygen atoms in total. The maximum Gasteiger partial charge on any atom is 0.0575 e. The Balaban J connectivity index is 1.70. The molecule has 0 saturated carbocycles. The zero-order valence-corrected chi connectivity index (χ0v) is 26.3. The van der Waals surface area contributed by atoms with E-state index < -0.39 is 0 Å². The van der Waals surface area contributed by atoms with Gasteiger partial charge < -0.3 is 0 Å².